The second kappa shape index (κ2) is 5.38. The van der Waals surface area contributed by atoms with Crippen LogP contribution in [0.2, 0.25) is 0 Å². The highest BCUT2D eigenvalue weighted by atomic mass is 16.4. The van der Waals surface area contributed by atoms with Crippen LogP contribution in [0.4, 0.5) is 0 Å². The van der Waals surface area contributed by atoms with E-state index in [9.17, 15) is 9.90 Å². The third kappa shape index (κ3) is 3.32. The van der Waals surface area contributed by atoms with Crippen molar-refractivity contribution >= 4 is 5.97 Å². The van der Waals surface area contributed by atoms with Gasteiger partial charge in [0.15, 0.2) is 0 Å². The van der Waals surface area contributed by atoms with Crippen molar-refractivity contribution in [2.75, 3.05) is 0 Å². The van der Waals surface area contributed by atoms with E-state index in [4.69, 9.17) is 0 Å². The normalized spacial score (nSPS) is 21.1. The van der Waals surface area contributed by atoms with Crippen LogP contribution >= 0.6 is 0 Å². The zero-order chi connectivity index (χ0) is 10.6. The van der Waals surface area contributed by atoms with E-state index in [0.717, 1.165) is 19.3 Å². The Morgan fingerprint density at radius 2 is 1.86 bits per heavy atom. The Bertz CT molecular complexity index is 181. The molecule has 0 saturated heterocycles. The first kappa shape index (κ1) is 11.5. The van der Waals surface area contributed by atoms with Gasteiger partial charge in [0.05, 0.1) is 5.92 Å². The maximum Gasteiger partial charge on any atom is 0.306 e. The molecule has 0 aromatic heterocycles. The minimum absolute atomic E-state index is 0.0877. The molecule has 1 atom stereocenters. The molecule has 1 N–H and O–H groups in total. The van der Waals surface area contributed by atoms with Crippen LogP contribution in [0.3, 0.4) is 0 Å². The summed E-state index contributed by atoms with van der Waals surface area (Å²) in [5.74, 6) is 0.280. The topological polar surface area (TPSA) is 37.3 Å². The summed E-state index contributed by atoms with van der Waals surface area (Å²) in [4.78, 5) is 11.1. The van der Waals surface area contributed by atoms with Gasteiger partial charge in [0.2, 0.25) is 0 Å². The van der Waals surface area contributed by atoms with Crippen LogP contribution in [-0.4, -0.2) is 11.1 Å². The van der Waals surface area contributed by atoms with Crippen molar-refractivity contribution in [1.29, 1.82) is 0 Å². The van der Waals surface area contributed by atoms with Crippen LogP contribution in [0, 0.1) is 17.8 Å². The molecule has 1 unspecified atom stereocenters. The Balaban J connectivity index is 2.51. The number of aliphatic carboxylic acids is 1. The molecule has 0 aromatic rings. The van der Waals surface area contributed by atoms with E-state index in [1.54, 1.807) is 0 Å². The molecule has 1 aliphatic rings. The molecule has 0 amide bonds. The van der Waals surface area contributed by atoms with Gasteiger partial charge in [-0.15, -0.1) is 0 Å². The number of hydrogen-bond donors (Lipinski definition) is 1. The number of carbonyl (C=O) groups is 1. The summed E-state index contributed by atoms with van der Waals surface area (Å²) in [7, 11) is 0. The first-order valence-electron chi connectivity index (χ1n) is 5.84. The summed E-state index contributed by atoms with van der Waals surface area (Å²) in [6, 6.07) is 0. The van der Waals surface area contributed by atoms with Crippen LogP contribution in [0.1, 0.15) is 52.4 Å². The fraction of sp³-hybridized carbons (Fsp3) is 0.917. The molecule has 82 valence electrons. The predicted molar refractivity (Wildman–Crippen MR) is 57.2 cm³/mol. The Morgan fingerprint density at radius 3 is 2.29 bits per heavy atom. The summed E-state index contributed by atoms with van der Waals surface area (Å²) in [6.07, 6.45) is 6.86. The van der Waals surface area contributed by atoms with E-state index in [-0.39, 0.29) is 5.92 Å². The molecule has 0 aromatic carbocycles. The standard InChI is InChI=1S/C12H22O2/c1-9(2)8-11(12(13)14)10-6-4-3-5-7-10/h9-11H,3-8H2,1-2H3,(H,13,14). The van der Waals surface area contributed by atoms with Crippen LogP contribution < -0.4 is 0 Å². The van der Waals surface area contributed by atoms with Gasteiger partial charge < -0.3 is 5.11 Å². The second-order valence-corrected chi connectivity index (χ2v) is 4.97. The second-order valence-electron chi connectivity index (χ2n) is 4.97. The highest BCUT2D eigenvalue weighted by Gasteiger charge is 2.29. The molecule has 0 spiro atoms. The largest absolute Gasteiger partial charge is 0.481 e. The molecule has 2 nitrogen and oxygen atoms in total. The molecule has 0 aliphatic heterocycles. The highest BCUT2D eigenvalue weighted by Crippen LogP contribution is 2.33. The first-order valence-corrected chi connectivity index (χ1v) is 5.84. The minimum Gasteiger partial charge on any atom is -0.481 e. The van der Waals surface area contributed by atoms with Gasteiger partial charge in [0.1, 0.15) is 0 Å². The lowest BCUT2D eigenvalue weighted by Crippen LogP contribution is -2.26. The van der Waals surface area contributed by atoms with Gasteiger partial charge in [0, 0.05) is 0 Å². The van der Waals surface area contributed by atoms with E-state index in [2.05, 4.69) is 13.8 Å². The van der Waals surface area contributed by atoms with E-state index < -0.39 is 5.97 Å². The maximum absolute atomic E-state index is 11.1. The molecule has 0 radical (unpaired) electrons. The van der Waals surface area contributed by atoms with Gasteiger partial charge in [-0.2, -0.15) is 0 Å². The van der Waals surface area contributed by atoms with Gasteiger partial charge in [-0.1, -0.05) is 33.1 Å². The third-order valence-electron chi connectivity index (χ3n) is 3.26. The summed E-state index contributed by atoms with van der Waals surface area (Å²) >= 11 is 0. The van der Waals surface area contributed by atoms with Crippen molar-refractivity contribution in [3.63, 3.8) is 0 Å². The predicted octanol–water partition coefficient (Wildman–Crippen LogP) is 3.31. The number of carboxylic acid groups (broad SMARTS) is 1. The molecule has 1 aliphatic carbocycles. The lowest BCUT2D eigenvalue weighted by Gasteiger charge is -2.28. The summed E-state index contributed by atoms with van der Waals surface area (Å²) in [5.41, 5.74) is 0. The average molecular weight is 198 g/mol. The number of hydrogen-bond acceptors (Lipinski definition) is 1. The smallest absolute Gasteiger partial charge is 0.306 e. The summed E-state index contributed by atoms with van der Waals surface area (Å²) < 4.78 is 0. The molecule has 0 heterocycles. The molecule has 1 fully saturated rings. The van der Waals surface area contributed by atoms with Crippen LogP contribution in [0.25, 0.3) is 0 Å². The fourth-order valence-electron chi connectivity index (χ4n) is 2.54. The Kier molecular flexibility index (Phi) is 4.43. The fourth-order valence-corrected chi connectivity index (χ4v) is 2.54. The van der Waals surface area contributed by atoms with Crippen molar-refractivity contribution in [1.82, 2.24) is 0 Å². The van der Waals surface area contributed by atoms with E-state index in [1.807, 2.05) is 0 Å². The Labute approximate surface area is 86.7 Å². The summed E-state index contributed by atoms with van der Waals surface area (Å²) in [6.45, 7) is 4.22. The van der Waals surface area contributed by atoms with Crippen LogP contribution in [0.15, 0.2) is 0 Å². The molecule has 1 rings (SSSR count). The monoisotopic (exact) mass is 198 g/mol. The van der Waals surface area contributed by atoms with Crippen molar-refractivity contribution in [3.05, 3.63) is 0 Å². The first-order chi connectivity index (χ1) is 6.61. The zero-order valence-electron chi connectivity index (χ0n) is 9.33. The minimum atomic E-state index is -0.578. The Hall–Kier alpha value is -0.530. The Morgan fingerprint density at radius 1 is 1.29 bits per heavy atom. The number of carboxylic acids is 1. The van der Waals surface area contributed by atoms with Gasteiger partial charge in [0.25, 0.3) is 0 Å². The van der Waals surface area contributed by atoms with Crippen molar-refractivity contribution in [2.45, 2.75) is 52.4 Å². The van der Waals surface area contributed by atoms with E-state index in [0.29, 0.717) is 11.8 Å². The van der Waals surface area contributed by atoms with E-state index in [1.165, 1.54) is 19.3 Å². The molecular weight excluding hydrogens is 176 g/mol. The van der Waals surface area contributed by atoms with Gasteiger partial charge in [-0.05, 0) is 31.1 Å². The third-order valence-corrected chi connectivity index (χ3v) is 3.26. The average Bonchev–Trinajstić information content (AvgIpc) is 2.15. The van der Waals surface area contributed by atoms with Crippen LogP contribution in [-0.2, 0) is 4.79 Å². The SMILES string of the molecule is CC(C)CC(C(=O)O)C1CCCCC1. The lowest BCUT2D eigenvalue weighted by atomic mass is 9.77. The van der Waals surface area contributed by atoms with Crippen molar-refractivity contribution in [3.8, 4) is 0 Å². The quantitative estimate of drug-likeness (QED) is 0.752. The van der Waals surface area contributed by atoms with E-state index >= 15 is 0 Å². The van der Waals surface area contributed by atoms with Crippen LogP contribution in [0.5, 0.6) is 0 Å². The molecular formula is C12H22O2. The number of rotatable bonds is 4. The molecule has 1 saturated carbocycles. The van der Waals surface area contributed by atoms with Gasteiger partial charge >= 0.3 is 5.97 Å². The van der Waals surface area contributed by atoms with Gasteiger partial charge in [-0.3, -0.25) is 4.79 Å². The zero-order valence-corrected chi connectivity index (χ0v) is 9.33. The molecule has 0 bridgehead atoms. The maximum atomic E-state index is 11.1. The lowest BCUT2D eigenvalue weighted by molar-refractivity contribution is -0.144. The molecule has 14 heavy (non-hydrogen) atoms. The van der Waals surface area contributed by atoms with Gasteiger partial charge in [-0.25, -0.2) is 0 Å². The highest BCUT2D eigenvalue weighted by molar-refractivity contribution is 5.70. The van der Waals surface area contributed by atoms with Crippen molar-refractivity contribution < 1.29 is 9.90 Å². The molecule has 2 heteroatoms. The summed E-state index contributed by atoms with van der Waals surface area (Å²) in [5, 5.41) is 9.17. The van der Waals surface area contributed by atoms with Crippen molar-refractivity contribution in [2.24, 2.45) is 17.8 Å².